The highest BCUT2D eigenvalue weighted by atomic mass is 31.2. The zero-order valence-electron chi connectivity index (χ0n) is 64.1. The number of phosphoric acid groups is 1. The van der Waals surface area contributed by atoms with E-state index in [1.807, 2.05) is 21.1 Å². The Morgan fingerprint density at radius 2 is 0.594 bits per heavy atom. The lowest BCUT2D eigenvalue weighted by Gasteiger charge is -2.24. The topological polar surface area (TPSA) is 108 Å². The van der Waals surface area contributed by atoms with E-state index < -0.39 is 26.5 Å². The number of nitrogens with zero attached hydrogens (tertiary/aromatic N) is 1. The first-order chi connectivity index (χ1) is 47.0. The maximum atomic E-state index is 12.9. The summed E-state index contributed by atoms with van der Waals surface area (Å²) in [5, 5.41) is 0. The molecule has 96 heavy (non-hydrogen) atoms. The molecule has 0 aliphatic rings. The van der Waals surface area contributed by atoms with Crippen molar-refractivity contribution in [2.24, 2.45) is 0 Å². The molecule has 0 saturated heterocycles. The van der Waals surface area contributed by atoms with Gasteiger partial charge in [-0.15, -0.1) is 0 Å². The fourth-order valence-electron chi connectivity index (χ4n) is 12.1. The van der Waals surface area contributed by atoms with E-state index in [9.17, 15) is 19.0 Å². The molecule has 0 amide bonds. The Kier molecular flexibility index (Phi) is 74.1. The Hall–Kier alpha value is -2.81. The predicted molar refractivity (Wildman–Crippen MR) is 418 cm³/mol. The van der Waals surface area contributed by atoms with E-state index in [1.165, 1.54) is 295 Å². The second kappa shape index (κ2) is 76.4. The van der Waals surface area contributed by atoms with E-state index in [0.29, 0.717) is 23.9 Å². The molecule has 0 aromatic rings. The summed E-state index contributed by atoms with van der Waals surface area (Å²) >= 11 is 0. The van der Waals surface area contributed by atoms with E-state index in [0.717, 1.165) is 70.6 Å². The van der Waals surface area contributed by atoms with Crippen molar-refractivity contribution < 1.29 is 42.1 Å². The maximum absolute atomic E-state index is 12.9. The zero-order chi connectivity index (χ0) is 69.7. The molecule has 0 radical (unpaired) electrons. The number of likely N-dealkylation sites (N-methyl/N-ethyl adjacent to an activating group) is 1. The molecule has 0 aromatic heterocycles. The SMILES string of the molecule is CC/C=C\C/C=C\C/C=C\C/C=C\C/C=C\CCCCCCCCCCCCCCCCCCCC(=O)OC(COC(=O)CCCCCCCCCCCCCCCCCCCCCCCCCCCCC/C=C\C/C=C\CCCCCCC)COP(=O)(O)OCC[N+](C)(C)C. The van der Waals surface area contributed by atoms with Crippen molar-refractivity contribution in [1.29, 1.82) is 0 Å². The molecular weight excluding hydrogens is 1210 g/mol. The third kappa shape index (κ3) is 80.2. The molecule has 560 valence electrons. The van der Waals surface area contributed by atoms with Gasteiger partial charge in [-0.3, -0.25) is 18.6 Å². The summed E-state index contributed by atoms with van der Waals surface area (Å²) in [5.74, 6) is -0.778. The van der Waals surface area contributed by atoms with Crippen molar-refractivity contribution in [3.63, 3.8) is 0 Å². The van der Waals surface area contributed by atoms with Crippen LogP contribution >= 0.6 is 7.82 Å². The normalized spacial score (nSPS) is 13.4. The van der Waals surface area contributed by atoms with Gasteiger partial charge in [0, 0.05) is 12.8 Å². The second-order valence-electron chi connectivity index (χ2n) is 29.1. The third-order valence-electron chi connectivity index (χ3n) is 18.4. The van der Waals surface area contributed by atoms with Gasteiger partial charge in [0.05, 0.1) is 27.7 Å². The number of unbranched alkanes of at least 4 members (excludes halogenated alkanes) is 49. The van der Waals surface area contributed by atoms with Crippen molar-refractivity contribution >= 4 is 19.8 Å². The summed E-state index contributed by atoms with van der Waals surface area (Å²) in [7, 11) is 1.49. The molecule has 0 saturated carbocycles. The van der Waals surface area contributed by atoms with E-state index in [2.05, 4.69) is 98.9 Å². The van der Waals surface area contributed by atoms with Crippen molar-refractivity contribution in [3.05, 3.63) is 85.1 Å². The molecule has 0 aliphatic carbocycles. The van der Waals surface area contributed by atoms with Gasteiger partial charge in [0.2, 0.25) is 0 Å². The van der Waals surface area contributed by atoms with Gasteiger partial charge in [0.25, 0.3) is 0 Å². The maximum Gasteiger partial charge on any atom is 0.472 e. The Morgan fingerprint density at radius 1 is 0.333 bits per heavy atom. The van der Waals surface area contributed by atoms with E-state index in [1.54, 1.807) is 0 Å². The number of hydrogen-bond donors (Lipinski definition) is 1. The first-order valence-corrected chi connectivity index (χ1v) is 42.8. The van der Waals surface area contributed by atoms with Crippen molar-refractivity contribution in [3.8, 4) is 0 Å². The number of carbonyl (C=O) groups excluding carboxylic acids is 2. The minimum atomic E-state index is -4.40. The van der Waals surface area contributed by atoms with Gasteiger partial charge >= 0.3 is 19.8 Å². The van der Waals surface area contributed by atoms with Crippen LogP contribution in [0.4, 0.5) is 0 Å². The summed E-state index contributed by atoms with van der Waals surface area (Å²) in [6, 6.07) is 0. The van der Waals surface area contributed by atoms with Gasteiger partial charge in [-0.2, -0.15) is 0 Å². The van der Waals surface area contributed by atoms with Crippen LogP contribution in [0.1, 0.15) is 399 Å². The number of hydrogen-bond acceptors (Lipinski definition) is 7. The van der Waals surface area contributed by atoms with Crippen LogP contribution in [0, 0.1) is 0 Å². The number of phosphoric ester groups is 1. The summed E-state index contributed by atoms with van der Waals surface area (Å²) in [5.41, 5.74) is 0. The van der Waals surface area contributed by atoms with Gasteiger partial charge in [0.15, 0.2) is 6.10 Å². The molecule has 9 nitrogen and oxygen atoms in total. The molecular formula is C86H159NO8P+. The van der Waals surface area contributed by atoms with Crippen molar-refractivity contribution in [2.75, 3.05) is 47.5 Å². The Bertz CT molecular complexity index is 1900. The molecule has 1 N–H and O–H groups in total. The molecule has 2 unspecified atom stereocenters. The monoisotopic (exact) mass is 1370 g/mol. The lowest BCUT2D eigenvalue weighted by molar-refractivity contribution is -0.870. The third-order valence-corrected chi connectivity index (χ3v) is 19.4. The number of ether oxygens (including phenoxy) is 2. The fraction of sp³-hybridized carbons (Fsp3) is 0.814. The minimum absolute atomic E-state index is 0.0323. The lowest BCUT2D eigenvalue weighted by Crippen LogP contribution is -2.37. The average Bonchev–Trinajstić information content (AvgIpc) is 1.48. The number of rotatable bonds is 77. The molecule has 0 fully saturated rings. The number of allylic oxidation sites excluding steroid dienone is 14. The van der Waals surface area contributed by atoms with Crippen LogP contribution in [0.5, 0.6) is 0 Å². The average molecular weight is 1370 g/mol. The van der Waals surface area contributed by atoms with Crippen LogP contribution in [-0.4, -0.2) is 74.9 Å². The molecule has 0 heterocycles. The van der Waals surface area contributed by atoms with E-state index in [4.69, 9.17) is 18.5 Å². The minimum Gasteiger partial charge on any atom is -0.462 e. The molecule has 0 aromatic carbocycles. The molecule has 10 heteroatoms. The van der Waals surface area contributed by atoms with E-state index in [-0.39, 0.29) is 25.6 Å². The smallest absolute Gasteiger partial charge is 0.462 e. The van der Waals surface area contributed by atoms with Crippen LogP contribution in [0.3, 0.4) is 0 Å². The largest absolute Gasteiger partial charge is 0.472 e. The Labute approximate surface area is 596 Å². The highest BCUT2D eigenvalue weighted by Gasteiger charge is 2.27. The second-order valence-corrected chi connectivity index (χ2v) is 30.6. The summed E-state index contributed by atoms with van der Waals surface area (Å²) in [4.78, 5) is 36.0. The first-order valence-electron chi connectivity index (χ1n) is 41.3. The highest BCUT2D eigenvalue weighted by Crippen LogP contribution is 2.43. The van der Waals surface area contributed by atoms with Gasteiger partial charge in [-0.1, -0.05) is 381 Å². The van der Waals surface area contributed by atoms with E-state index >= 15 is 0 Å². The standard InChI is InChI=1S/C86H158NO8P/c1-6-8-10-12-14-16-18-20-22-24-26-28-30-32-34-36-38-40-41-42-43-44-45-47-48-50-52-54-56-58-60-62-64-66-68-70-72-74-76-78-85(88)92-82-84(83-94-96(90,91)93-81-80-87(3,4)5)95-86(89)79-77-75-73-71-69-67-65-63-61-59-57-55-53-51-49-46-39-37-35-33-31-29-27-25-23-21-19-17-15-13-11-9-7-2/h9,11,15,17-18,20-21,23-24,26-27,29,33,35,84H,6-8,10,12-14,16,19,22,25,28,30-32,34,36-83H2,1-5H3/p+1/b11-9-,17-15-,20-18-,23-21-,26-24-,29-27-,35-33-. The summed E-state index contributed by atoms with van der Waals surface area (Å²) < 4.78 is 34.9. The van der Waals surface area contributed by atoms with Gasteiger partial charge in [0.1, 0.15) is 19.8 Å². The molecule has 0 spiro atoms. The Balaban J connectivity index is 3.90. The first kappa shape index (κ1) is 93.2. The van der Waals surface area contributed by atoms with Crippen LogP contribution in [0.15, 0.2) is 85.1 Å². The fourth-order valence-corrected chi connectivity index (χ4v) is 12.9. The summed E-state index contributed by atoms with van der Waals surface area (Å²) in [6.45, 7) is 4.37. The predicted octanol–water partition coefficient (Wildman–Crippen LogP) is 27.6. The van der Waals surface area contributed by atoms with Crippen LogP contribution in [0.2, 0.25) is 0 Å². The van der Waals surface area contributed by atoms with Crippen LogP contribution < -0.4 is 0 Å². The summed E-state index contributed by atoms with van der Waals surface area (Å²) in [6.07, 6.45) is 106. The molecule has 0 rings (SSSR count). The van der Waals surface area contributed by atoms with Crippen LogP contribution in [-0.2, 0) is 32.7 Å². The highest BCUT2D eigenvalue weighted by molar-refractivity contribution is 7.47. The quantitative estimate of drug-likeness (QED) is 0.0211. The van der Waals surface area contributed by atoms with Gasteiger partial charge in [-0.05, 0) is 89.9 Å². The molecule has 0 bridgehead atoms. The lowest BCUT2D eigenvalue weighted by atomic mass is 10.0. The number of carbonyl (C=O) groups is 2. The van der Waals surface area contributed by atoms with Gasteiger partial charge in [-0.25, -0.2) is 4.57 Å². The number of esters is 2. The van der Waals surface area contributed by atoms with Crippen molar-refractivity contribution in [1.82, 2.24) is 0 Å². The van der Waals surface area contributed by atoms with Crippen molar-refractivity contribution in [2.45, 2.75) is 405 Å². The molecule has 0 aliphatic heterocycles. The zero-order valence-corrected chi connectivity index (χ0v) is 65.0. The number of quaternary nitrogens is 1. The van der Waals surface area contributed by atoms with Gasteiger partial charge < -0.3 is 18.9 Å². The van der Waals surface area contributed by atoms with Crippen LogP contribution in [0.25, 0.3) is 0 Å². The Morgan fingerprint density at radius 3 is 0.885 bits per heavy atom. The molecule has 2 atom stereocenters.